The summed E-state index contributed by atoms with van der Waals surface area (Å²) in [5.41, 5.74) is 9.20. The first-order chi connectivity index (χ1) is 10.2. The Morgan fingerprint density at radius 1 is 0.905 bits per heavy atom. The van der Waals surface area contributed by atoms with Crippen LogP contribution in [-0.4, -0.2) is 31.1 Å². The Hall–Kier alpha value is -1.52. The molecule has 1 heterocycles. The average Bonchev–Trinajstić information content (AvgIpc) is 2.51. The van der Waals surface area contributed by atoms with E-state index in [-0.39, 0.29) is 0 Å². The molecule has 0 saturated carbocycles. The quantitative estimate of drug-likeness (QED) is 0.865. The average molecular weight is 346 g/mol. The van der Waals surface area contributed by atoms with Gasteiger partial charge in [-0.3, -0.25) is 4.90 Å². The van der Waals surface area contributed by atoms with Crippen LogP contribution in [0.3, 0.4) is 0 Å². The lowest BCUT2D eigenvalue weighted by Gasteiger charge is -2.36. The molecular formula is C17H20BrN3. The van der Waals surface area contributed by atoms with Gasteiger partial charge in [-0.05, 0) is 35.9 Å². The molecule has 0 unspecified atom stereocenters. The maximum Gasteiger partial charge on any atom is 0.0368 e. The van der Waals surface area contributed by atoms with E-state index in [1.54, 1.807) is 0 Å². The number of nitrogen functional groups attached to an aromatic ring is 1. The fraction of sp³-hybridized carbons (Fsp3) is 0.294. The summed E-state index contributed by atoms with van der Waals surface area (Å²) in [6, 6.07) is 16.6. The van der Waals surface area contributed by atoms with Gasteiger partial charge in [-0.1, -0.05) is 34.1 Å². The molecule has 4 heteroatoms. The number of anilines is 2. The van der Waals surface area contributed by atoms with Gasteiger partial charge in [0.15, 0.2) is 0 Å². The zero-order valence-corrected chi connectivity index (χ0v) is 13.6. The van der Waals surface area contributed by atoms with Crippen molar-refractivity contribution in [3.63, 3.8) is 0 Å². The molecule has 0 aliphatic carbocycles. The minimum Gasteiger partial charge on any atom is -0.399 e. The molecule has 1 saturated heterocycles. The standard InChI is InChI=1S/C17H20BrN3/c18-17-4-2-1-3-14(17)13-20-9-11-21(12-10-20)16-7-5-15(19)6-8-16/h1-8H,9-13,19H2. The number of rotatable bonds is 3. The molecule has 0 atom stereocenters. The van der Waals surface area contributed by atoms with Crippen LogP contribution < -0.4 is 10.6 Å². The van der Waals surface area contributed by atoms with Crippen LogP contribution in [0.15, 0.2) is 53.0 Å². The van der Waals surface area contributed by atoms with E-state index in [1.165, 1.54) is 15.7 Å². The zero-order chi connectivity index (χ0) is 14.7. The Morgan fingerprint density at radius 2 is 1.57 bits per heavy atom. The maximum absolute atomic E-state index is 5.75. The van der Waals surface area contributed by atoms with Crippen LogP contribution in [0, 0.1) is 0 Å². The molecular weight excluding hydrogens is 326 g/mol. The second-order valence-corrected chi connectivity index (χ2v) is 6.30. The first-order valence-electron chi connectivity index (χ1n) is 7.28. The van der Waals surface area contributed by atoms with Gasteiger partial charge < -0.3 is 10.6 Å². The molecule has 0 amide bonds. The Labute approximate surface area is 134 Å². The molecule has 0 radical (unpaired) electrons. The summed E-state index contributed by atoms with van der Waals surface area (Å²) in [4.78, 5) is 4.93. The smallest absolute Gasteiger partial charge is 0.0368 e. The molecule has 2 N–H and O–H groups in total. The molecule has 2 aromatic rings. The van der Waals surface area contributed by atoms with Crippen LogP contribution >= 0.6 is 15.9 Å². The van der Waals surface area contributed by atoms with Gasteiger partial charge in [0, 0.05) is 48.6 Å². The van der Waals surface area contributed by atoms with E-state index in [0.717, 1.165) is 38.4 Å². The van der Waals surface area contributed by atoms with Crippen LogP contribution in [-0.2, 0) is 6.54 Å². The van der Waals surface area contributed by atoms with Crippen LogP contribution in [0.1, 0.15) is 5.56 Å². The van der Waals surface area contributed by atoms with Crippen molar-refractivity contribution in [3.05, 3.63) is 58.6 Å². The molecule has 1 aliphatic rings. The molecule has 3 nitrogen and oxygen atoms in total. The topological polar surface area (TPSA) is 32.5 Å². The SMILES string of the molecule is Nc1ccc(N2CCN(Cc3ccccc3Br)CC2)cc1. The summed E-state index contributed by atoms with van der Waals surface area (Å²) in [5, 5.41) is 0. The van der Waals surface area contributed by atoms with Crippen molar-refractivity contribution in [3.8, 4) is 0 Å². The van der Waals surface area contributed by atoms with Crippen molar-refractivity contribution < 1.29 is 0 Å². The van der Waals surface area contributed by atoms with Crippen molar-refractivity contribution in [1.29, 1.82) is 0 Å². The van der Waals surface area contributed by atoms with Gasteiger partial charge in [-0.25, -0.2) is 0 Å². The highest BCUT2D eigenvalue weighted by molar-refractivity contribution is 9.10. The molecule has 21 heavy (non-hydrogen) atoms. The lowest BCUT2D eigenvalue weighted by atomic mass is 10.2. The van der Waals surface area contributed by atoms with Crippen molar-refractivity contribution >= 4 is 27.3 Å². The molecule has 0 aromatic heterocycles. The summed E-state index contributed by atoms with van der Waals surface area (Å²) in [7, 11) is 0. The molecule has 3 rings (SSSR count). The minimum absolute atomic E-state index is 0.825. The summed E-state index contributed by atoms with van der Waals surface area (Å²) in [6.45, 7) is 5.32. The van der Waals surface area contributed by atoms with E-state index in [1.807, 2.05) is 12.1 Å². The third-order valence-corrected chi connectivity index (χ3v) is 4.76. The normalized spacial score (nSPS) is 16.1. The zero-order valence-electron chi connectivity index (χ0n) is 12.0. The Kier molecular flexibility index (Phi) is 4.46. The minimum atomic E-state index is 0.825. The van der Waals surface area contributed by atoms with Crippen LogP contribution in [0.2, 0.25) is 0 Å². The summed E-state index contributed by atoms with van der Waals surface area (Å²) >= 11 is 3.63. The number of halogens is 1. The van der Waals surface area contributed by atoms with Crippen LogP contribution in [0.4, 0.5) is 11.4 Å². The van der Waals surface area contributed by atoms with Gasteiger partial charge in [0.1, 0.15) is 0 Å². The lowest BCUT2D eigenvalue weighted by molar-refractivity contribution is 0.249. The lowest BCUT2D eigenvalue weighted by Crippen LogP contribution is -2.46. The van der Waals surface area contributed by atoms with E-state index < -0.39 is 0 Å². The largest absolute Gasteiger partial charge is 0.399 e. The van der Waals surface area contributed by atoms with Crippen molar-refractivity contribution in [1.82, 2.24) is 4.90 Å². The third kappa shape index (κ3) is 3.57. The van der Waals surface area contributed by atoms with E-state index in [9.17, 15) is 0 Å². The van der Waals surface area contributed by atoms with Crippen molar-refractivity contribution in [2.75, 3.05) is 36.8 Å². The number of nitrogens with zero attached hydrogens (tertiary/aromatic N) is 2. The van der Waals surface area contributed by atoms with Crippen LogP contribution in [0.5, 0.6) is 0 Å². The van der Waals surface area contributed by atoms with E-state index in [2.05, 4.69) is 62.1 Å². The molecule has 0 bridgehead atoms. The fourth-order valence-corrected chi connectivity index (χ4v) is 3.13. The van der Waals surface area contributed by atoms with Gasteiger partial charge in [0.05, 0.1) is 0 Å². The highest BCUT2D eigenvalue weighted by Gasteiger charge is 2.17. The van der Waals surface area contributed by atoms with E-state index in [4.69, 9.17) is 5.73 Å². The predicted molar refractivity (Wildman–Crippen MR) is 92.5 cm³/mol. The molecule has 0 spiro atoms. The van der Waals surface area contributed by atoms with Gasteiger partial charge in [-0.2, -0.15) is 0 Å². The highest BCUT2D eigenvalue weighted by atomic mass is 79.9. The van der Waals surface area contributed by atoms with Crippen molar-refractivity contribution in [2.24, 2.45) is 0 Å². The summed E-state index contributed by atoms with van der Waals surface area (Å²) in [5.74, 6) is 0. The van der Waals surface area contributed by atoms with E-state index in [0.29, 0.717) is 0 Å². The number of piperazine rings is 1. The predicted octanol–water partition coefficient (Wildman–Crippen LogP) is 3.35. The first kappa shape index (κ1) is 14.4. The molecule has 110 valence electrons. The Bertz CT molecular complexity index is 589. The molecule has 1 aliphatic heterocycles. The first-order valence-corrected chi connectivity index (χ1v) is 8.08. The van der Waals surface area contributed by atoms with E-state index >= 15 is 0 Å². The maximum atomic E-state index is 5.75. The van der Waals surface area contributed by atoms with Gasteiger partial charge in [0.2, 0.25) is 0 Å². The van der Waals surface area contributed by atoms with Gasteiger partial charge >= 0.3 is 0 Å². The second-order valence-electron chi connectivity index (χ2n) is 5.45. The fourth-order valence-electron chi connectivity index (χ4n) is 2.72. The molecule has 2 aromatic carbocycles. The van der Waals surface area contributed by atoms with Crippen LogP contribution in [0.25, 0.3) is 0 Å². The molecule has 1 fully saturated rings. The summed E-state index contributed by atoms with van der Waals surface area (Å²) < 4.78 is 1.20. The van der Waals surface area contributed by atoms with Crippen molar-refractivity contribution in [2.45, 2.75) is 6.54 Å². The number of hydrogen-bond donors (Lipinski definition) is 1. The Morgan fingerprint density at radius 3 is 2.24 bits per heavy atom. The summed E-state index contributed by atoms with van der Waals surface area (Å²) in [6.07, 6.45) is 0. The number of nitrogens with two attached hydrogens (primary N) is 1. The number of benzene rings is 2. The van der Waals surface area contributed by atoms with Gasteiger partial charge in [0.25, 0.3) is 0 Å². The Balaban J connectivity index is 1.58. The van der Waals surface area contributed by atoms with Gasteiger partial charge in [-0.15, -0.1) is 0 Å². The monoisotopic (exact) mass is 345 g/mol. The highest BCUT2D eigenvalue weighted by Crippen LogP contribution is 2.21. The number of hydrogen-bond acceptors (Lipinski definition) is 3. The second kappa shape index (κ2) is 6.50. The third-order valence-electron chi connectivity index (χ3n) is 3.98.